The zero-order chi connectivity index (χ0) is 14.6. The monoisotopic (exact) mass is 277 g/mol. The summed E-state index contributed by atoms with van der Waals surface area (Å²) >= 11 is 0. The lowest BCUT2D eigenvalue weighted by molar-refractivity contribution is -0.123. The molecule has 0 aliphatic heterocycles. The highest BCUT2D eigenvalue weighted by atomic mass is 16.5. The Hall–Kier alpha value is -1.55. The molecule has 2 N–H and O–H groups in total. The Bertz CT molecular complexity index is 453. The van der Waals surface area contributed by atoms with Crippen molar-refractivity contribution >= 4 is 5.91 Å². The first-order valence-electron chi connectivity index (χ1n) is 7.21. The molecular weight excluding hydrogens is 254 g/mol. The standard InChI is InChI=1S/C16H23NO3/c1-3-20-14-8-4-12(5-9-14)10-15(19)17-16(2,11-18)13-6-7-13/h4-5,8-9,13,18H,3,6-7,10-11H2,1-2H3,(H,17,19). The third-order valence-electron chi connectivity index (χ3n) is 3.83. The molecule has 1 aromatic rings. The van der Waals surface area contributed by atoms with Gasteiger partial charge in [0.05, 0.1) is 25.2 Å². The van der Waals surface area contributed by atoms with Gasteiger partial charge >= 0.3 is 0 Å². The fraction of sp³-hybridized carbons (Fsp3) is 0.562. The first kappa shape index (κ1) is 14.9. The van der Waals surface area contributed by atoms with E-state index in [9.17, 15) is 9.90 Å². The Morgan fingerprint density at radius 1 is 1.40 bits per heavy atom. The van der Waals surface area contributed by atoms with Gasteiger partial charge in [0, 0.05) is 0 Å². The number of aliphatic hydroxyl groups is 1. The molecule has 1 fully saturated rings. The largest absolute Gasteiger partial charge is 0.494 e. The molecule has 0 radical (unpaired) electrons. The Morgan fingerprint density at radius 3 is 2.55 bits per heavy atom. The van der Waals surface area contributed by atoms with Crippen LogP contribution in [0.15, 0.2) is 24.3 Å². The van der Waals surface area contributed by atoms with Crippen molar-refractivity contribution < 1.29 is 14.6 Å². The average Bonchev–Trinajstić information content (AvgIpc) is 3.26. The van der Waals surface area contributed by atoms with Crippen LogP contribution < -0.4 is 10.1 Å². The molecule has 1 aromatic carbocycles. The van der Waals surface area contributed by atoms with Gasteiger partial charge in [-0.3, -0.25) is 4.79 Å². The molecule has 0 heterocycles. The van der Waals surface area contributed by atoms with Crippen molar-refractivity contribution in [2.75, 3.05) is 13.2 Å². The number of carbonyl (C=O) groups excluding carboxylic acids is 1. The van der Waals surface area contributed by atoms with E-state index in [1.54, 1.807) is 0 Å². The third-order valence-corrected chi connectivity index (χ3v) is 3.83. The number of benzene rings is 1. The van der Waals surface area contributed by atoms with Gasteiger partial charge in [-0.15, -0.1) is 0 Å². The summed E-state index contributed by atoms with van der Waals surface area (Å²) in [6.07, 6.45) is 2.50. The number of nitrogens with one attached hydrogen (secondary N) is 1. The molecular formula is C16H23NO3. The fourth-order valence-corrected chi connectivity index (χ4v) is 2.41. The van der Waals surface area contributed by atoms with Crippen LogP contribution in [0.25, 0.3) is 0 Å². The van der Waals surface area contributed by atoms with Crippen molar-refractivity contribution in [3.05, 3.63) is 29.8 Å². The van der Waals surface area contributed by atoms with Crippen LogP contribution in [0.5, 0.6) is 5.75 Å². The lowest BCUT2D eigenvalue weighted by Crippen LogP contribution is -2.51. The van der Waals surface area contributed by atoms with Gasteiger partial charge < -0.3 is 15.2 Å². The first-order valence-corrected chi connectivity index (χ1v) is 7.21. The summed E-state index contributed by atoms with van der Waals surface area (Å²) in [6, 6.07) is 7.55. The molecule has 0 aromatic heterocycles. The lowest BCUT2D eigenvalue weighted by atomic mass is 9.96. The molecule has 110 valence electrons. The summed E-state index contributed by atoms with van der Waals surface area (Å²) in [6.45, 7) is 4.48. The van der Waals surface area contributed by atoms with E-state index >= 15 is 0 Å². The molecule has 4 nitrogen and oxygen atoms in total. The smallest absolute Gasteiger partial charge is 0.224 e. The van der Waals surface area contributed by atoms with Gasteiger partial charge in [-0.05, 0) is 50.3 Å². The summed E-state index contributed by atoms with van der Waals surface area (Å²) in [7, 11) is 0. The minimum absolute atomic E-state index is 0.00726. The first-order chi connectivity index (χ1) is 9.57. The molecule has 1 saturated carbocycles. The highest BCUT2D eigenvalue weighted by Crippen LogP contribution is 2.39. The van der Waals surface area contributed by atoms with Gasteiger partial charge in [0.2, 0.25) is 5.91 Å². The lowest BCUT2D eigenvalue weighted by Gasteiger charge is -2.28. The van der Waals surface area contributed by atoms with E-state index in [2.05, 4.69) is 5.32 Å². The van der Waals surface area contributed by atoms with Crippen molar-refractivity contribution in [2.24, 2.45) is 5.92 Å². The van der Waals surface area contributed by atoms with E-state index in [0.717, 1.165) is 24.2 Å². The van der Waals surface area contributed by atoms with Crippen molar-refractivity contribution in [3.8, 4) is 5.75 Å². The Kier molecular flexibility index (Phi) is 4.65. The molecule has 1 atom stereocenters. The maximum Gasteiger partial charge on any atom is 0.224 e. The summed E-state index contributed by atoms with van der Waals surface area (Å²) in [5.74, 6) is 1.18. The number of hydrogen-bond donors (Lipinski definition) is 2. The molecule has 1 aliphatic carbocycles. The molecule has 0 saturated heterocycles. The number of rotatable bonds is 7. The second kappa shape index (κ2) is 6.27. The summed E-state index contributed by atoms with van der Waals surface area (Å²) in [5.41, 5.74) is 0.476. The van der Waals surface area contributed by atoms with Crippen LogP contribution in [-0.4, -0.2) is 29.8 Å². The van der Waals surface area contributed by atoms with E-state index in [1.165, 1.54) is 0 Å². The molecule has 20 heavy (non-hydrogen) atoms. The normalized spacial score (nSPS) is 17.4. The molecule has 1 aliphatic rings. The molecule has 1 amide bonds. The zero-order valence-corrected chi connectivity index (χ0v) is 12.2. The van der Waals surface area contributed by atoms with E-state index in [-0.39, 0.29) is 12.5 Å². The Morgan fingerprint density at radius 2 is 2.05 bits per heavy atom. The highest BCUT2D eigenvalue weighted by Gasteiger charge is 2.41. The molecule has 0 bridgehead atoms. The van der Waals surface area contributed by atoms with Gasteiger partial charge in [-0.2, -0.15) is 0 Å². The van der Waals surface area contributed by atoms with Crippen molar-refractivity contribution in [1.82, 2.24) is 5.32 Å². The van der Waals surface area contributed by atoms with E-state index in [4.69, 9.17) is 4.74 Å². The van der Waals surface area contributed by atoms with Crippen LogP contribution in [-0.2, 0) is 11.2 Å². The maximum atomic E-state index is 12.1. The van der Waals surface area contributed by atoms with E-state index in [1.807, 2.05) is 38.1 Å². The zero-order valence-electron chi connectivity index (χ0n) is 12.2. The topological polar surface area (TPSA) is 58.6 Å². The van der Waals surface area contributed by atoms with Gasteiger partial charge in [-0.1, -0.05) is 12.1 Å². The number of amides is 1. The molecule has 0 spiro atoms. The molecule has 4 heteroatoms. The molecule has 2 rings (SSSR count). The third kappa shape index (κ3) is 3.73. The van der Waals surface area contributed by atoms with Gasteiger partial charge in [-0.25, -0.2) is 0 Å². The Labute approximate surface area is 120 Å². The van der Waals surface area contributed by atoms with Crippen LogP contribution in [0.2, 0.25) is 0 Å². The quantitative estimate of drug-likeness (QED) is 0.800. The fourth-order valence-electron chi connectivity index (χ4n) is 2.41. The second-order valence-corrected chi connectivity index (χ2v) is 5.65. The number of hydrogen-bond acceptors (Lipinski definition) is 3. The Balaban J connectivity index is 1.90. The van der Waals surface area contributed by atoms with Crippen LogP contribution >= 0.6 is 0 Å². The van der Waals surface area contributed by atoms with Gasteiger partial charge in [0.1, 0.15) is 5.75 Å². The van der Waals surface area contributed by atoms with Crippen molar-refractivity contribution in [1.29, 1.82) is 0 Å². The van der Waals surface area contributed by atoms with Crippen molar-refractivity contribution in [3.63, 3.8) is 0 Å². The maximum absolute atomic E-state index is 12.1. The van der Waals surface area contributed by atoms with Crippen LogP contribution in [0, 0.1) is 5.92 Å². The van der Waals surface area contributed by atoms with Crippen molar-refractivity contribution in [2.45, 2.75) is 38.6 Å². The minimum atomic E-state index is -0.470. The highest BCUT2D eigenvalue weighted by molar-refractivity contribution is 5.79. The number of ether oxygens (including phenoxy) is 1. The summed E-state index contributed by atoms with van der Waals surface area (Å²) in [4.78, 5) is 12.1. The second-order valence-electron chi connectivity index (χ2n) is 5.65. The van der Waals surface area contributed by atoms with Gasteiger partial charge in [0.15, 0.2) is 0 Å². The number of aliphatic hydroxyl groups excluding tert-OH is 1. The minimum Gasteiger partial charge on any atom is -0.494 e. The predicted octanol–water partition coefficient (Wildman–Crippen LogP) is 1.91. The average molecular weight is 277 g/mol. The summed E-state index contributed by atoms with van der Waals surface area (Å²) in [5, 5.41) is 12.4. The van der Waals surface area contributed by atoms with Gasteiger partial charge in [0.25, 0.3) is 0 Å². The van der Waals surface area contributed by atoms with Crippen LogP contribution in [0.3, 0.4) is 0 Å². The van der Waals surface area contributed by atoms with E-state index in [0.29, 0.717) is 18.9 Å². The summed E-state index contributed by atoms with van der Waals surface area (Å²) < 4.78 is 5.37. The number of carbonyl (C=O) groups is 1. The predicted molar refractivity (Wildman–Crippen MR) is 77.7 cm³/mol. The molecule has 1 unspecified atom stereocenters. The van der Waals surface area contributed by atoms with Crippen LogP contribution in [0.1, 0.15) is 32.3 Å². The van der Waals surface area contributed by atoms with Crippen LogP contribution in [0.4, 0.5) is 0 Å². The SMILES string of the molecule is CCOc1ccc(CC(=O)NC(C)(CO)C2CC2)cc1. The van der Waals surface area contributed by atoms with E-state index < -0.39 is 5.54 Å².